The zero-order chi connectivity index (χ0) is 13.9. The molecule has 0 radical (unpaired) electrons. The summed E-state index contributed by atoms with van der Waals surface area (Å²) in [6.07, 6.45) is 0.936. The van der Waals surface area contributed by atoms with Crippen LogP contribution in [0.15, 0.2) is 12.1 Å². The predicted octanol–water partition coefficient (Wildman–Crippen LogP) is 2.31. The van der Waals surface area contributed by atoms with Crippen molar-refractivity contribution >= 4 is 24.2 Å². The molecule has 0 heterocycles. The average Bonchev–Trinajstić information content (AvgIpc) is 2.25. The molecule has 18 heavy (non-hydrogen) atoms. The van der Waals surface area contributed by atoms with Crippen LogP contribution in [0, 0.1) is 10.1 Å². The van der Waals surface area contributed by atoms with E-state index < -0.39 is 11.6 Å². The van der Waals surface area contributed by atoms with Gasteiger partial charge in [-0.2, -0.15) is 0 Å². The molecule has 2 N–H and O–H groups in total. The molecule has 0 aliphatic rings. The molecule has 8 heteroatoms. The number of rotatable bonds is 5. The van der Waals surface area contributed by atoms with Gasteiger partial charge >= 0.3 is 6.72 Å². The third-order valence-corrected chi connectivity index (χ3v) is 3.14. The molecule has 0 amide bonds. The summed E-state index contributed by atoms with van der Waals surface area (Å²) < 4.78 is 4.92. The third-order valence-electron chi connectivity index (χ3n) is 2.48. The van der Waals surface area contributed by atoms with E-state index in [1.165, 1.54) is 12.1 Å². The van der Waals surface area contributed by atoms with E-state index in [1.54, 1.807) is 6.92 Å². The van der Waals surface area contributed by atoms with Gasteiger partial charge in [0.1, 0.15) is 5.75 Å². The van der Waals surface area contributed by atoms with Crippen LogP contribution in [0.5, 0.6) is 5.75 Å². The van der Waals surface area contributed by atoms with Crippen LogP contribution in [0.2, 0.25) is 0 Å². The van der Waals surface area contributed by atoms with Crippen molar-refractivity contribution < 1.29 is 19.2 Å². The fraction of sp³-hybridized carbons (Fsp3) is 0.400. The van der Waals surface area contributed by atoms with E-state index in [1.807, 2.05) is 6.92 Å². The van der Waals surface area contributed by atoms with Gasteiger partial charge in [-0.3, -0.25) is 10.1 Å². The first-order chi connectivity index (χ1) is 8.30. The van der Waals surface area contributed by atoms with Crippen molar-refractivity contribution in [1.82, 2.24) is 0 Å². The molecule has 0 unspecified atom stereocenters. The highest BCUT2D eigenvalue weighted by Crippen LogP contribution is 2.42. The molecule has 0 fully saturated rings. The van der Waals surface area contributed by atoms with Gasteiger partial charge in [-0.25, -0.2) is 0 Å². The minimum Gasteiger partial charge on any atom is -0.424 e. The van der Waals surface area contributed by atoms with Gasteiger partial charge in [0.25, 0.3) is 5.69 Å². The van der Waals surface area contributed by atoms with Crippen molar-refractivity contribution in [3.8, 4) is 5.75 Å². The number of nitrogens with zero attached hydrogens (tertiary/aromatic N) is 1. The molecule has 1 rings (SSSR count). The van der Waals surface area contributed by atoms with Crippen molar-refractivity contribution in [2.75, 3.05) is 0 Å². The normalized spacial score (nSPS) is 11.3. The minimum absolute atomic E-state index is 0.00545. The summed E-state index contributed by atoms with van der Waals surface area (Å²) in [5.41, 5.74) is 1.12. The highest BCUT2D eigenvalue weighted by molar-refractivity contribution is 8.06. The predicted molar refractivity (Wildman–Crippen MR) is 71.2 cm³/mol. The number of hydrogen-bond acceptors (Lipinski definition) is 4. The molecule has 0 bridgehead atoms. The van der Waals surface area contributed by atoms with E-state index in [0.717, 1.165) is 0 Å². The Morgan fingerprint density at radius 1 is 1.33 bits per heavy atom. The van der Waals surface area contributed by atoms with Crippen LogP contribution in [0.4, 0.5) is 5.69 Å². The minimum atomic E-state index is -3.83. The lowest BCUT2D eigenvalue weighted by atomic mass is 10.00. The molecule has 0 spiro atoms. The third kappa shape index (κ3) is 3.49. The smallest absolute Gasteiger partial charge is 0.375 e. The van der Waals surface area contributed by atoms with E-state index in [9.17, 15) is 10.1 Å². The standard InChI is InChI=1S/C10H14NO5PS/c1-3-7-8(4-2)10(16-17(14,15)18)6-5-9(7)11(12)13/h5-6H,3-4H2,1-2H3,(H2,14,15,18). The summed E-state index contributed by atoms with van der Waals surface area (Å²) in [7, 11) is 0. The zero-order valence-corrected chi connectivity index (χ0v) is 11.7. The maximum Gasteiger partial charge on any atom is 0.375 e. The second-order valence-electron chi connectivity index (χ2n) is 3.59. The first kappa shape index (κ1) is 15.0. The molecule has 100 valence electrons. The molecule has 6 nitrogen and oxygen atoms in total. The Bertz CT molecular complexity index is 513. The largest absolute Gasteiger partial charge is 0.424 e. The Labute approximate surface area is 110 Å². The molecular weight excluding hydrogens is 277 g/mol. The van der Waals surface area contributed by atoms with Crippen molar-refractivity contribution in [2.45, 2.75) is 26.7 Å². The highest BCUT2D eigenvalue weighted by atomic mass is 32.5. The van der Waals surface area contributed by atoms with E-state index in [2.05, 4.69) is 11.8 Å². The average molecular weight is 291 g/mol. The van der Waals surface area contributed by atoms with Crippen LogP contribution in [0.25, 0.3) is 0 Å². The Morgan fingerprint density at radius 3 is 2.28 bits per heavy atom. The quantitative estimate of drug-likeness (QED) is 0.491. The SMILES string of the molecule is CCc1c(OP(O)(O)=S)ccc([N+](=O)[O-])c1CC. The summed E-state index contributed by atoms with van der Waals surface area (Å²) in [5, 5.41) is 10.9. The first-order valence-corrected chi connectivity index (χ1v) is 7.97. The molecule has 0 aliphatic carbocycles. The van der Waals surface area contributed by atoms with Gasteiger partial charge < -0.3 is 14.3 Å². The van der Waals surface area contributed by atoms with Crippen molar-refractivity contribution in [3.63, 3.8) is 0 Å². The first-order valence-electron chi connectivity index (χ1n) is 5.34. The molecular formula is C10H14NO5PS. The Morgan fingerprint density at radius 2 is 1.89 bits per heavy atom. The van der Waals surface area contributed by atoms with Crippen molar-refractivity contribution in [2.24, 2.45) is 0 Å². The van der Waals surface area contributed by atoms with Crippen LogP contribution in [0.1, 0.15) is 25.0 Å². The zero-order valence-electron chi connectivity index (χ0n) is 9.99. The summed E-state index contributed by atoms with van der Waals surface area (Å²) in [5.74, 6) is 0.202. The topological polar surface area (TPSA) is 92.8 Å². The van der Waals surface area contributed by atoms with Crippen molar-refractivity contribution in [1.29, 1.82) is 0 Å². The maximum absolute atomic E-state index is 10.9. The maximum atomic E-state index is 10.9. The Kier molecular flexibility index (Phi) is 4.81. The number of nitro groups is 1. The molecule has 0 atom stereocenters. The van der Waals surface area contributed by atoms with E-state index in [4.69, 9.17) is 14.3 Å². The van der Waals surface area contributed by atoms with E-state index >= 15 is 0 Å². The molecule has 0 aromatic heterocycles. The van der Waals surface area contributed by atoms with Crippen LogP contribution in [-0.4, -0.2) is 14.7 Å². The van der Waals surface area contributed by atoms with Gasteiger partial charge in [0.2, 0.25) is 0 Å². The van der Waals surface area contributed by atoms with E-state index in [-0.39, 0.29) is 11.4 Å². The van der Waals surface area contributed by atoms with Gasteiger partial charge in [-0.1, -0.05) is 13.8 Å². The second kappa shape index (κ2) is 5.75. The van der Waals surface area contributed by atoms with Gasteiger partial charge in [0, 0.05) is 29.0 Å². The summed E-state index contributed by atoms with van der Waals surface area (Å²) in [6, 6.07) is 2.64. The molecule has 0 saturated heterocycles. The molecule has 0 saturated carbocycles. The van der Waals surface area contributed by atoms with Crippen molar-refractivity contribution in [3.05, 3.63) is 33.4 Å². The number of nitro benzene ring substituents is 1. The summed E-state index contributed by atoms with van der Waals surface area (Å²) >= 11 is 4.40. The number of benzene rings is 1. The molecule has 1 aromatic rings. The Hall–Kier alpha value is -1.01. The van der Waals surface area contributed by atoms with Crippen LogP contribution >= 0.6 is 6.72 Å². The highest BCUT2D eigenvalue weighted by Gasteiger charge is 2.21. The summed E-state index contributed by atoms with van der Waals surface area (Å²) in [6.45, 7) is -0.234. The monoisotopic (exact) mass is 291 g/mol. The van der Waals surface area contributed by atoms with Gasteiger partial charge in [-0.15, -0.1) is 0 Å². The van der Waals surface area contributed by atoms with Gasteiger partial charge in [0.05, 0.1) is 4.92 Å². The van der Waals surface area contributed by atoms with Gasteiger partial charge in [0.15, 0.2) is 0 Å². The van der Waals surface area contributed by atoms with Gasteiger partial charge in [-0.05, 0) is 18.9 Å². The fourth-order valence-electron chi connectivity index (χ4n) is 1.83. The molecule has 1 aromatic carbocycles. The summed E-state index contributed by atoms with van der Waals surface area (Å²) in [4.78, 5) is 28.8. The second-order valence-corrected chi connectivity index (χ2v) is 6.18. The fourth-order valence-corrected chi connectivity index (χ4v) is 2.49. The Balaban J connectivity index is 3.39. The van der Waals surface area contributed by atoms with Crippen LogP contribution < -0.4 is 4.52 Å². The van der Waals surface area contributed by atoms with Crippen LogP contribution in [-0.2, 0) is 24.6 Å². The lowest BCUT2D eigenvalue weighted by Gasteiger charge is -2.16. The number of hydrogen-bond donors (Lipinski definition) is 2. The molecule has 0 aliphatic heterocycles. The lowest BCUT2D eigenvalue weighted by molar-refractivity contribution is -0.385. The van der Waals surface area contributed by atoms with Crippen LogP contribution in [0.3, 0.4) is 0 Å². The van der Waals surface area contributed by atoms with E-state index in [0.29, 0.717) is 24.0 Å². The lowest BCUT2D eigenvalue weighted by Crippen LogP contribution is -2.02.